The summed E-state index contributed by atoms with van der Waals surface area (Å²) in [5.74, 6) is 0.111. The molecule has 2 aromatic carbocycles. The van der Waals surface area contributed by atoms with E-state index in [1.54, 1.807) is 6.07 Å². The van der Waals surface area contributed by atoms with Crippen LogP contribution in [0.4, 0.5) is 0 Å². The van der Waals surface area contributed by atoms with Crippen LogP contribution in [-0.2, 0) is 13.1 Å². The van der Waals surface area contributed by atoms with E-state index in [1.165, 1.54) is 5.56 Å². The average molecular weight is 387 g/mol. The normalized spacial score (nSPS) is 11.2. The second-order valence-electron chi connectivity index (χ2n) is 5.96. The molecule has 124 valence electrons. The third-order valence-corrected chi connectivity index (χ3v) is 4.39. The van der Waals surface area contributed by atoms with Crippen molar-refractivity contribution in [1.29, 1.82) is 0 Å². The molecule has 1 aromatic heterocycles. The molecule has 0 saturated heterocycles. The molecule has 0 atom stereocenters. The lowest BCUT2D eigenvalue weighted by Gasteiger charge is -2.14. The Balaban J connectivity index is 1.74. The number of amides is 1. The van der Waals surface area contributed by atoms with Crippen molar-refractivity contribution in [2.45, 2.75) is 13.1 Å². The molecule has 0 saturated carbocycles. The van der Waals surface area contributed by atoms with Gasteiger partial charge >= 0.3 is 0 Å². The molecule has 0 spiro atoms. The van der Waals surface area contributed by atoms with Crippen LogP contribution in [0.2, 0.25) is 0 Å². The summed E-state index contributed by atoms with van der Waals surface area (Å²) in [6.07, 6.45) is 0. The molecule has 0 unspecified atom stereocenters. The van der Waals surface area contributed by atoms with Gasteiger partial charge in [0.05, 0.1) is 4.47 Å². The summed E-state index contributed by atoms with van der Waals surface area (Å²) in [4.78, 5) is 14.5. The standard InChI is InChI=1S/C19H19BrN2O2/c1-22(2)12-15-7-4-3-6-14(15)11-21-19(23)17-10-13-8-5-9-16(20)18(13)24-17/h3-10H,11-12H2,1-2H3,(H,21,23). The van der Waals surface area contributed by atoms with Crippen LogP contribution in [0, 0.1) is 0 Å². The molecule has 1 amide bonds. The van der Waals surface area contributed by atoms with E-state index in [9.17, 15) is 4.79 Å². The van der Waals surface area contributed by atoms with Gasteiger partial charge in [-0.15, -0.1) is 0 Å². The number of halogens is 1. The topological polar surface area (TPSA) is 45.5 Å². The molecular formula is C19H19BrN2O2. The Morgan fingerprint density at radius 1 is 1.12 bits per heavy atom. The van der Waals surface area contributed by atoms with Gasteiger partial charge in [-0.3, -0.25) is 4.79 Å². The van der Waals surface area contributed by atoms with Crippen molar-refractivity contribution >= 4 is 32.8 Å². The highest BCUT2D eigenvalue weighted by atomic mass is 79.9. The number of hydrogen-bond donors (Lipinski definition) is 1. The van der Waals surface area contributed by atoms with Gasteiger partial charge in [0.2, 0.25) is 0 Å². The lowest BCUT2D eigenvalue weighted by Crippen LogP contribution is -2.23. The van der Waals surface area contributed by atoms with Crippen LogP contribution in [0.15, 0.2) is 57.4 Å². The molecular weight excluding hydrogens is 368 g/mol. The molecule has 3 rings (SSSR count). The Morgan fingerprint density at radius 3 is 2.58 bits per heavy atom. The van der Waals surface area contributed by atoms with Gasteiger partial charge in [-0.2, -0.15) is 0 Å². The molecule has 5 heteroatoms. The van der Waals surface area contributed by atoms with Gasteiger partial charge in [-0.25, -0.2) is 0 Å². The number of hydrogen-bond acceptors (Lipinski definition) is 3. The van der Waals surface area contributed by atoms with Gasteiger partial charge in [0.15, 0.2) is 5.76 Å². The first-order valence-corrected chi connectivity index (χ1v) is 8.51. The van der Waals surface area contributed by atoms with E-state index >= 15 is 0 Å². The van der Waals surface area contributed by atoms with Gasteiger partial charge in [0.25, 0.3) is 5.91 Å². The molecule has 1 heterocycles. The minimum atomic E-state index is -0.210. The third kappa shape index (κ3) is 3.68. The number of fused-ring (bicyclic) bond motifs is 1. The van der Waals surface area contributed by atoms with Gasteiger partial charge < -0.3 is 14.6 Å². The van der Waals surface area contributed by atoms with Crippen LogP contribution in [0.5, 0.6) is 0 Å². The SMILES string of the molecule is CN(C)Cc1ccccc1CNC(=O)c1cc2cccc(Br)c2o1. The first kappa shape index (κ1) is 16.7. The Hall–Kier alpha value is -2.11. The number of nitrogens with zero attached hydrogens (tertiary/aromatic N) is 1. The number of carbonyl (C=O) groups excluding carboxylic acids is 1. The summed E-state index contributed by atoms with van der Waals surface area (Å²) in [6.45, 7) is 1.31. The summed E-state index contributed by atoms with van der Waals surface area (Å²) in [6, 6.07) is 15.6. The Morgan fingerprint density at radius 2 is 1.88 bits per heavy atom. The highest BCUT2D eigenvalue weighted by molar-refractivity contribution is 9.10. The van der Waals surface area contributed by atoms with Crippen molar-refractivity contribution in [2.75, 3.05) is 14.1 Å². The molecule has 0 aliphatic rings. The molecule has 3 aromatic rings. The quantitative estimate of drug-likeness (QED) is 0.714. The first-order valence-electron chi connectivity index (χ1n) is 7.72. The van der Waals surface area contributed by atoms with E-state index in [0.29, 0.717) is 17.9 Å². The maximum atomic E-state index is 12.4. The number of benzene rings is 2. The van der Waals surface area contributed by atoms with Crippen molar-refractivity contribution in [3.63, 3.8) is 0 Å². The van der Waals surface area contributed by atoms with Crippen LogP contribution in [0.3, 0.4) is 0 Å². The number of para-hydroxylation sites is 1. The largest absolute Gasteiger partial charge is 0.450 e. The number of furan rings is 1. The predicted molar refractivity (Wildman–Crippen MR) is 98.9 cm³/mol. The van der Waals surface area contributed by atoms with Gasteiger partial charge in [0.1, 0.15) is 5.58 Å². The zero-order valence-corrected chi connectivity index (χ0v) is 15.3. The van der Waals surface area contributed by atoms with Crippen molar-refractivity contribution in [2.24, 2.45) is 0 Å². The van der Waals surface area contributed by atoms with Crippen molar-refractivity contribution < 1.29 is 9.21 Å². The van der Waals surface area contributed by atoms with Crippen LogP contribution in [0.1, 0.15) is 21.7 Å². The highest BCUT2D eigenvalue weighted by Crippen LogP contribution is 2.27. The summed E-state index contributed by atoms with van der Waals surface area (Å²) in [5.41, 5.74) is 3.00. The zero-order valence-electron chi connectivity index (χ0n) is 13.7. The molecule has 24 heavy (non-hydrogen) atoms. The number of rotatable bonds is 5. The van der Waals surface area contributed by atoms with Crippen LogP contribution >= 0.6 is 15.9 Å². The number of nitrogens with one attached hydrogen (secondary N) is 1. The van der Waals surface area contributed by atoms with Crippen LogP contribution in [0.25, 0.3) is 11.0 Å². The third-order valence-electron chi connectivity index (χ3n) is 3.76. The maximum Gasteiger partial charge on any atom is 0.287 e. The van der Waals surface area contributed by atoms with E-state index in [-0.39, 0.29) is 5.91 Å². The first-order chi connectivity index (χ1) is 11.5. The van der Waals surface area contributed by atoms with Crippen molar-refractivity contribution in [3.05, 3.63) is 69.9 Å². The Kier molecular flexibility index (Phi) is 5.02. The second-order valence-corrected chi connectivity index (χ2v) is 6.81. The summed E-state index contributed by atoms with van der Waals surface area (Å²) in [5, 5.41) is 3.85. The monoisotopic (exact) mass is 386 g/mol. The van der Waals surface area contributed by atoms with Gasteiger partial charge in [-0.05, 0) is 53.3 Å². The lowest BCUT2D eigenvalue weighted by atomic mass is 10.1. The summed E-state index contributed by atoms with van der Waals surface area (Å²) in [7, 11) is 4.06. The highest BCUT2D eigenvalue weighted by Gasteiger charge is 2.14. The minimum Gasteiger partial charge on any atom is -0.450 e. The Bertz CT molecular complexity index is 871. The maximum absolute atomic E-state index is 12.4. The molecule has 0 bridgehead atoms. The fraction of sp³-hybridized carbons (Fsp3) is 0.211. The zero-order chi connectivity index (χ0) is 17.1. The smallest absolute Gasteiger partial charge is 0.287 e. The van der Waals surface area contributed by atoms with Crippen LogP contribution in [-0.4, -0.2) is 24.9 Å². The molecule has 0 fully saturated rings. The molecule has 0 radical (unpaired) electrons. The van der Waals surface area contributed by atoms with Gasteiger partial charge in [-0.1, -0.05) is 36.4 Å². The minimum absolute atomic E-state index is 0.210. The van der Waals surface area contributed by atoms with Crippen molar-refractivity contribution in [3.8, 4) is 0 Å². The van der Waals surface area contributed by atoms with E-state index < -0.39 is 0 Å². The van der Waals surface area contributed by atoms with E-state index in [0.717, 1.165) is 22.0 Å². The summed E-state index contributed by atoms with van der Waals surface area (Å²) >= 11 is 3.44. The lowest BCUT2D eigenvalue weighted by molar-refractivity contribution is 0.0925. The van der Waals surface area contributed by atoms with E-state index in [4.69, 9.17) is 4.42 Å². The molecule has 4 nitrogen and oxygen atoms in total. The van der Waals surface area contributed by atoms with E-state index in [2.05, 4.69) is 32.2 Å². The second kappa shape index (κ2) is 7.20. The van der Waals surface area contributed by atoms with Crippen molar-refractivity contribution in [1.82, 2.24) is 10.2 Å². The molecule has 1 N–H and O–H groups in total. The molecule has 0 aliphatic carbocycles. The van der Waals surface area contributed by atoms with E-state index in [1.807, 2.05) is 50.5 Å². The average Bonchev–Trinajstić information content (AvgIpc) is 2.99. The molecule has 0 aliphatic heterocycles. The summed E-state index contributed by atoms with van der Waals surface area (Å²) < 4.78 is 6.52. The Labute approximate surface area is 149 Å². The predicted octanol–water partition coefficient (Wildman–Crippen LogP) is 4.19. The van der Waals surface area contributed by atoms with Gasteiger partial charge in [0, 0.05) is 18.5 Å². The fourth-order valence-corrected chi connectivity index (χ4v) is 3.09. The number of carbonyl (C=O) groups is 1. The fourth-order valence-electron chi connectivity index (χ4n) is 2.63. The van der Waals surface area contributed by atoms with Crippen LogP contribution < -0.4 is 5.32 Å².